The van der Waals surface area contributed by atoms with Gasteiger partial charge in [-0.05, 0) is 33.6 Å². The lowest BCUT2D eigenvalue weighted by molar-refractivity contribution is -0.163. The van der Waals surface area contributed by atoms with E-state index < -0.39 is 54.4 Å². The summed E-state index contributed by atoms with van der Waals surface area (Å²) < 4.78 is 19.5. The number of likely N-dealkylation sites (tertiary alicyclic amines) is 1. The van der Waals surface area contributed by atoms with Gasteiger partial charge in [-0.15, -0.1) is 0 Å². The van der Waals surface area contributed by atoms with Gasteiger partial charge in [0.2, 0.25) is 11.8 Å². The minimum Gasteiger partial charge on any atom is -0.458 e. The van der Waals surface area contributed by atoms with Crippen molar-refractivity contribution in [3.63, 3.8) is 0 Å². The second-order valence-electron chi connectivity index (χ2n) is 6.53. The third kappa shape index (κ3) is 6.51. The van der Waals surface area contributed by atoms with Crippen LogP contribution in [0, 0.1) is 0 Å². The summed E-state index contributed by atoms with van der Waals surface area (Å²) in [6.07, 6.45) is 1.10. The number of nitrogens with one attached hydrogen (secondary N) is 1. The van der Waals surface area contributed by atoms with Crippen LogP contribution >= 0.6 is 11.8 Å². The summed E-state index contributed by atoms with van der Waals surface area (Å²) in [6, 6.07) is -1.76. The standard InChI is InChI=1S/C16H26N2O5S/c1-10(19)17-12(9-24-11(2)20)14(21)18-8-6-7-13(18)15(22)23-16(3,4)5/h12-13H,6-9H2,1-5H3,(H,17,19)/t12-,13-/m0/s1/i1D,2D. The molecule has 2 amide bonds. The van der Waals surface area contributed by atoms with Gasteiger partial charge in [0.1, 0.15) is 17.7 Å². The smallest absolute Gasteiger partial charge is 0.329 e. The van der Waals surface area contributed by atoms with Crippen LogP contribution in [0.3, 0.4) is 0 Å². The van der Waals surface area contributed by atoms with E-state index in [-0.39, 0.29) is 5.75 Å². The molecule has 1 saturated heterocycles. The van der Waals surface area contributed by atoms with Gasteiger partial charge in [0, 0.05) is 28.8 Å². The van der Waals surface area contributed by atoms with Gasteiger partial charge in [-0.2, -0.15) is 0 Å². The van der Waals surface area contributed by atoms with Gasteiger partial charge in [0.05, 0.1) is 0 Å². The van der Waals surface area contributed by atoms with Crippen LogP contribution < -0.4 is 5.32 Å². The maximum absolute atomic E-state index is 12.8. The fraction of sp³-hybridized carbons (Fsp3) is 0.750. The Balaban J connectivity index is 2.87. The van der Waals surface area contributed by atoms with Crippen molar-refractivity contribution in [2.24, 2.45) is 0 Å². The van der Waals surface area contributed by atoms with Gasteiger partial charge >= 0.3 is 5.97 Å². The minimum atomic E-state index is -1.03. The molecule has 0 aliphatic carbocycles. The van der Waals surface area contributed by atoms with Gasteiger partial charge in [-0.1, -0.05) is 11.8 Å². The molecule has 0 spiro atoms. The molecule has 2 atom stereocenters. The maximum Gasteiger partial charge on any atom is 0.329 e. The Morgan fingerprint density at radius 3 is 2.62 bits per heavy atom. The molecule has 0 aromatic rings. The molecule has 1 N–H and O–H groups in total. The molecule has 7 nitrogen and oxygen atoms in total. The first-order valence-electron chi connectivity index (χ1n) is 9.07. The zero-order chi connectivity index (χ0) is 19.9. The van der Waals surface area contributed by atoms with Crippen LogP contribution in [0.25, 0.3) is 0 Å². The van der Waals surface area contributed by atoms with Crippen molar-refractivity contribution in [2.75, 3.05) is 12.3 Å². The van der Waals surface area contributed by atoms with Crippen LogP contribution in [0.4, 0.5) is 0 Å². The molecular formula is C16H26N2O5S. The first-order chi connectivity index (χ1) is 12.1. The number of thioether (sulfide) groups is 1. The summed E-state index contributed by atoms with van der Waals surface area (Å²) in [5, 5.41) is 2.00. The number of carbonyl (C=O) groups excluding carboxylic acids is 4. The maximum atomic E-state index is 12.8. The average molecular weight is 360 g/mol. The number of esters is 1. The summed E-state index contributed by atoms with van der Waals surface area (Å²) >= 11 is 0.778. The van der Waals surface area contributed by atoms with Crippen molar-refractivity contribution in [3.8, 4) is 0 Å². The number of amides is 2. The zero-order valence-corrected chi connectivity index (χ0v) is 15.1. The largest absolute Gasteiger partial charge is 0.458 e. The normalized spacial score (nSPS) is 20.0. The third-order valence-electron chi connectivity index (χ3n) is 3.26. The molecule has 0 bridgehead atoms. The Morgan fingerprint density at radius 1 is 1.33 bits per heavy atom. The number of hydrogen-bond donors (Lipinski definition) is 1. The van der Waals surface area contributed by atoms with Gasteiger partial charge in [-0.3, -0.25) is 14.4 Å². The molecule has 0 unspecified atom stereocenters. The highest BCUT2D eigenvalue weighted by molar-refractivity contribution is 8.13. The van der Waals surface area contributed by atoms with E-state index in [1.165, 1.54) is 4.90 Å². The van der Waals surface area contributed by atoms with Crippen LogP contribution in [0.1, 0.15) is 50.2 Å². The Bertz CT molecular complexity index is 553. The summed E-state index contributed by atoms with van der Waals surface area (Å²) in [5.74, 6) is -1.66. The van der Waals surface area contributed by atoms with Crippen LogP contribution in [0.5, 0.6) is 0 Å². The Labute approximate surface area is 149 Å². The molecule has 0 aromatic heterocycles. The lowest BCUT2D eigenvalue weighted by Crippen LogP contribution is -2.53. The minimum absolute atomic E-state index is 0.0418. The van der Waals surface area contributed by atoms with Gasteiger partial charge in [-0.25, -0.2) is 4.79 Å². The fourth-order valence-electron chi connectivity index (χ4n) is 2.39. The summed E-state index contributed by atoms with van der Waals surface area (Å²) in [4.78, 5) is 49.5. The summed E-state index contributed by atoms with van der Waals surface area (Å²) in [6.45, 7) is 4.61. The Kier molecular flexibility index (Phi) is 6.12. The Morgan fingerprint density at radius 2 is 2.04 bits per heavy atom. The van der Waals surface area contributed by atoms with Crippen molar-refractivity contribution in [3.05, 3.63) is 0 Å². The van der Waals surface area contributed by atoms with Crippen LogP contribution in [-0.2, 0) is 23.9 Å². The second kappa shape index (κ2) is 8.50. The molecule has 1 fully saturated rings. The molecule has 24 heavy (non-hydrogen) atoms. The lowest BCUT2D eigenvalue weighted by Gasteiger charge is -2.30. The number of ether oxygens (including phenoxy) is 1. The Hall–Kier alpha value is -1.57. The fourth-order valence-corrected chi connectivity index (χ4v) is 2.97. The molecule has 1 rings (SSSR count). The van der Waals surface area contributed by atoms with E-state index in [1.54, 1.807) is 20.8 Å². The number of nitrogens with zero attached hydrogens (tertiary/aromatic N) is 1. The van der Waals surface area contributed by atoms with E-state index >= 15 is 0 Å². The zero-order valence-electron chi connectivity index (χ0n) is 16.3. The topological polar surface area (TPSA) is 92.8 Å². The molecule has 0 radical (unpaired) electrons. The highest BCUT2D eigenvalue weighted by atomic mass is 32.2. The van der Waals surface area contributed by atoms with Crippen LogP contribution in [-0.4, -0.2) is 57.8 Å². The van der Waals surface area contributed by atoms with Crippen molar-refractivity contribution in [1.29, 1.82) is 0 Å². The lowest BCUT2D eigenvalue weighted by atomic mass is 10.1. The van der Waals surface area contributed by atoms with E-state index in [4.69, 9.17) is 7.48 Å². The van der Waals surface area contributed by atoms with Gasteiger partial charge < -0.3 is 15.0 Å². The summed E-state index contributed by atoms with van der Waals surface area (Å²) in [5.41, 5.74) is -0.677. The second-order valence-corrected chi connectivity index (χ2v) is 7.60. The van der Waals surface area contributed by atoms with E-state index in [2.05, 4.69) is 5.32 Å². The van der Waals surface area contributed by atoms with E-state index in [1.807, 2.05) is 0 Å². The van der Waals surface area contributed by atoms with Crippen LogP contribution in [0.2, 0.25) is 0 Å². The highest BCUT2D eigenvalue weighted by Crippen LogP contribution is 2.22. The van der Waals surface area contributed by atoms with E-state index in [0.29, 0.717) is 19.4 Å². The molecule has 136 valence electrons. The molecule has 0 saturated carbocycles. The first kappa shape index (κ1) is 17.3. The van der Waals surface area contributed by atoms with Crippen molar-refractivity contribution in [1.82, 2.24) is 10.2 Å². The molecule has 0 aromatic carbocycles. The number of hydrogen-bond acceptors (Lipinski definition) is 6. The molecule has 1 heterocycles. The molecule has 1 aliphatic heterocycles. The first-order valence-corrected chi connectivity index (χ1v) is 8.64. The molecule has 8 heteroatoms. The average Bonchev–Trinajstić information content (AvgIpc) is 3.05. The van der Waals surface area contributed by atoms with Gasteiger partial charge in [0.15, 0.2) is 5.12 Å². The number of carbonyl (C=O) groups is 4. The SMILES string of the molecule is [2H]CC(=O)N[C@@H](CSC(=O)C[2H])C(=O)N1CCC[C@H]1C(=O)OC(C)(C)C. The summed E-state index contributed by atoms with van der Waals surface area (Å²) in [7, 11) is 0. The van der Waals surface area contributed by atoms with Gasteiger partial charge in [0.25, 0.3) is 0 Å². The predicted molar refractivity (Wildman–Crippen MR) is 91.3 cm³/mol. The van der Waals surface area contributed by atoms with Crippen molar-refractivity contribution < 1.29 is 26.7 Å². The predicted octanol–water partition coefficient (Wildman–Crippen LogP) is 1.10. The van der Waals surface area contributed by atoms with Crippen molar-refractivity contribution in [2.45, 2.75) is 65.1 Å². The quantitative estimate of drug-likeness (QED) is 0.738. The van der Waals surface area contributed by atoms with Crippen LogP contribution in [0.15, 0.2) is 0 Å². The van der Waals surface area contributed by atoms with E-state index in [9.17, 15) is 19.2 Å². The highest BCUT2D eigenvalue weighted by Gasteiger charge is 2.39. The van der Waals surface area contributed by atoms with E-state index in [0.717, 1.165) is 11.8 Å². The molecular weight excluding hydrogens is 332 g/mol. The van der Waals surface area contributed by atoms with Crippen molar-refractivity contribution >= 4 is 34.7 Å². The monoisotopic (exact) mass is 360 g/mol. The third-order valence-corrected chi connectivity index (χ3v) is 4.08. The number of rotatable bonds is 5. The molecule has 1 aliphatic rings.